The van der Waals surface area contributed by atoms with E-state index < -0.39 is 36.6 Å². The van der Waals surface area contributed by atoms with Crippen LogP contribution in [-0.4, -0.2) is 73.0 Å². The highest BCUT2D eigenvalue weighted by atomic mass is 32.1. The first-order valence-electron chi connectivity index (χ1n) is 15.1. The fourth-order valence-corrected chi connectivity index (χ4v) is 8.40. The molecule has 4 saturated carbocycles. The van der Waals surface area contributed by atoms with Gasteiger partial charge in [-0.25, -0.2) is 19.6 Å². The third kappa shape index (κ3) is 6.18. The standard InChI is InChI=1S/C30H39N7O6S/c1-16(38)36(14-24(27(40)41)35-29(42)43-15-30-11-17-6-18(12-30)8-19(7-17)13-30)37-26(39)23(34-28(37)44)9-20(31)10-25-32-21-4-2-3-5-22(21)33-25/h2-5,17-20,24,39H,6-15,31H2,1H3,(H,32,33)(H,34,44)(H,35,42)(H,40,41)/t17?,18?,19?,20?,24-,30?/m0/s1. The van der Waals surface area contributed by atoms with E-state index in [1.54, 1.807) is 0 Å². The van der Waals surface area contributed by atoms with Gasteiger partial charge in [-0.05, 0) is 80.6 Å². The summed E-state index contributed by atoms with van der Waals surface area (Å²) in [5.41, 5.74) is 8.32. The zero-order valence-corrected chi connectivity index (χ0v) is 25.4. The number of carboxylic acids is 1. The van der Waals surface area contributed by atoms with Crippen molar-refractivity contribution in [3.05, 3.63) is 40.6 Å². The number of imidazole rings is 2. The second-order valence-electron chi connectivity index (χ2n) is 13.0. The number of alkyl carbamates (subject to hydrolysis) is 1. The number of benzene rings is 1. The van der Waals surface area contributed by atoms with Crippen LogP contribution < -0.4 is 16.1 Å². The lowest BCUT2D eigenvalue weighted by molar-refractivity contribution is -0.139. The first-order valence-corrected chi connectivity index (χ1v) is 15.6. The lowest BCUT2D eigenvalue weighted by atomic mass is 9.50. The summed E-state index contributed by atoms with van der Waals surface area (Å²) in [5.74, 6) is 0.415. The van der Waals surface area contributed by atoms with E-state index in [9.17, 15) is 24.6 Å². The van der Waals surface area contributed by atoms with E-state index >= 15 is 0 Å². The fourth-order valence-electron chi connectivity index (χ4n) is 8.09. The smallest absolute Gasteiger partial charge is 0.407 e. The van der Waals surface area contributed by atoms with Crippen molar-refractivity contribution in [3.8, 4) is 5.88 Å². The molecule has 2 aromatic heterocycles. The predicted octanol–water partition coefficient (Wildman–Crippen LogP) is 3.12. The number of carboxylic acid groups (broad SMARTS) is 1. The molecule has 13 nitrogen and oxygen atoms in total. The molecule has 0 spiro atoms. The van der Waals surface area contributed by atoms with Gasteiger partial charge in [0.15, 0.2) is 4.77 Å². The molecule has 2 amide bonds. The van der Waals surface area contributed by atoms with Crippen LogP contribution >= 0.6 is 12.2 Å². The van der Waals surface area contributed by atoms with Crippen LogP contribution in [0.2, 0.25) is 0 Å². The van der Waals surface area contributed by atoms with Gasteiger partial charge >= 0.3 is 12.1 Å². The molecular formula is C30H39N7O6S. The molecule has 1 aromatic carbocycles. The molecule has 4 bridgehead atoms. The number of nitrogens with one attached hydrogen (secondary N) is 3. The molecule has 4 aliphatic rings. The normalized spacial score (nSPS) is 25.1. The molecule has 3 aromatic rings. The molecular weight excluding hydrogens is 586 g/mol. The first kappa shape index (κ1) is 30.1. The molecule has 0 saturated heterocycles. The molecule has 7 N–H and O–H groups in total. The van der Waals surface area contributed by atoms with Crippen molar-refractivity contribution in [1.29, 1.82) is 0 Å². The van der Waals surface area contributed by atoms with Crippen LogP contribution in [0.15, 0.2) is 24.3 Å². The van der Waals surface area contributed by atoms with Crippen LogP contribution in [0.25, 0.3) is 11.0 Å². The van der Waals surface area contributed by atoms with Gasteiger partial charge in [0.1, 0.15) is 11.9 Å². The van der Waals surface area contributed by atoms with Gasteiger partial charge < -0.3 is 36.0 Å². The number of amides is 2. The monoisotopic (exact) mass is 625 g/mol. The number of aromatic hydroxyl groups is 1. The Morgan fingerprint density at radius 2 is 1.82 bits per heavy atom. The molecule has 7 rings (SSSR count). The average molecular weight is 626 g/mol. The number of fused-ring (bicyclic) bond motifs is 1. The molecule has 2 heterocycles. The topological polar surface area (TPSA) is 192 Å². The minimum Gasteiger partial charge on any atom is -0.492 e. The summed E-state index contributed by atoms with van der Waals surface area (Å²) in [6.45, 7) is 0.971. The number of rotatable bonds is 11. The van der Waals surface area contributed by atoms with Crippen molar-refractivity contribution in [1.82, 2.24) is 24.9 Å². The Kier molecular flexibility index (Phi) is 8.14. The highest BCUT2D eigenvalue weighted by molar-refractivity contribution is 7.71. The molecule has 4 aliphatic carbocycles. The quantitative estimate of drug-likeness (QED) is 0.174. The molecule has 0 aliphatic heterocycles. The second-order valence-corrected chi connectivity index (χ2v) is 13.4. The molecule has 44 heavy (non-hydrogen) atoms. The summed E-state index contributed by atoms with van der Waals surface area (Å²) in [6.07, 6.45) is 6.61. The van der Waals surface area contributed by atoms with Crippen LogP contribution in [0.1, 0.15) is 57.0 Å². The third-order valence-electron chi connectivity index (χ3n) is 9.51. The Morgan fingerprint density at radius 1 is 1.16 bits per heavy atom. The maximum atomic E-state index is 12.8. The Balaban J connectivity index is 1.10. The van der Waals surface area contributed by atoms with E-state index in [-0.39, 0.29) is 34.8 Å². The molecule has 1 unspecified atom stereocenters. The van der Waals surface area contributed by atoms with Crippen LogP contribution in [0.5, 0.6) is 5.88 Å². The molecule has 0 radical (unpaired) electrons. The van der Waals surface area contributed by atoms with Crippen LogP contribution in [0.3, 0.4) is 0 Å². The number of nitrogens with two attached hydrogens (primary N) is 1. The number of para-hydroxylation sites is 2. The maximum absolute atomic E-state index is 12.8. The number of aromatic nitrogens is 4. The number of ether oxygens (including phenoxy) is 1. The lowest BCUT2D eigenvalue weighted by Gasteiger charge is -2.56. The second kappa shape index (κ2) is 11.9. The minimum atomic E-state index is -1.52. The minimum absolute atomic E-state index is 0.0259. The Bertz CT molecular complexity index is 1560. The number of aliphatic carboxylic acids is 1. The van der Waals surface area contributed by atoms with Gasteiger partial charge in [0.2, 0.25) is 11.8 Å². The summed E-state index contributed by atoms with van der Waals surface area (Å²) in [5, 5.41) is 24.3. The SMILES string of the molecule is CC(=O)N(C[C@H](NC(=O)OCC12CC3CC(CC(C3)C1)C2)C(=O)O)n1c(O)c(CC(N)Cc2nc3ccccc3[nH]2)[nH]c1=S. The highest BCUT2D eigenvalue weighted by Gasteiger charge is 2.51. The van der Waals surface area contributed by atoms with E-state index in [2.05, 4.69) is 20.3 Å². The number of aromatic amines is 2. The van der Waals surface area contributed by atoms with Crippen LogP contribution in [0.4, 0.5) is 4.79 Å². The molecule has 4 fully saturated rings. The third-order valence-corrected chi connectivity index (χ3v) is 9.78. The van der Waals surface area contributed by atoms with Crippen molar-refractivity contribution in [2.45, 2.75) is 70.4 Å². The van der Waals surface area contributed by atoms with E-state index in [1.807, 2.05) is 24.3 Å². The van der Waals surface area contributed by atoms with Gasteiger partial charge in [-0.2, -0.15) is 4.68 Å². The van der Waals surface area contributed by atoms with Crippen LogP contribution in [0, 0.1) is 27.9 Å². The number of nitrogens with zero attached hydrogens (tertiary/aromatic N) is 3. The van der Waals surface area contributed by atoms with Crippen molar-refractivity contribution >= 4 is 41.2 Å². The number of hydrogen-bond donors (Lipinski definition) is 6. The van der Waals surface area contributed by atoms with E-state index in [4.69, 9.17) is 22.7 Å². The van der Waals surface area contributed by atoms with Gasteiger partial charge in [0.25, 0.3) is 0 Å². The van der Waals surface area contributed by atoms with Crippen molar-refractivity contribution < 1.29 is 29.3 Å². The average Bonchev–Trinajstić information content (AvgIpc) is 3.47. The number of carbonyl (C=O) groups is 3. The summed E-state index contributed by atoms with van der Waals surface area (Å²) in [4.78, 5) is 48.3. The summed E-state index contributed by atoms with van der Waals surface area (Å²) >= 11 is 5.39. The molecule has 14 heteroatoms. The number of H-pyrrole nitrogens is 2. The van der Waals surface area contributed by atoms with Gasteiger partial charge in [-0.15, -0.1) is 0 Å². The van der Waals surface area contributed by atoms with Crippen molar-refractivity contribution in [2.75, 3.05) is 18.2 Å². The maximum Gasteiger partial charge on any atom is 0.407 e. The zero-order chi connectivity index (χ0) is 31.2. The Morgan fingerprint density at radius 3 is 2.43 bits per heavy atom. The van der Waals surface area contributed by atoms with Gasteiger partial charge in [0.05, 0.1) is 29.9 Å². The first-order chi connectivity index (χ1) is 21.0. The molecule has 2 atom stereocenters. The van der Waals surface area contributed by atoms with Gasteiger partial charge in [-0.3, -0.25) is 4.79 Å². The Labute approximate surface area is 259 Å². The summed E-state index contributed by atoms with van der Waals surface area (Å²) in [6, 6.07) is 5.62. The van der Waals surface area contributed by atoms with Crippen LogP contribution in [-0.2, 0) is 27.2 Å². The van der Waals surface area contributed by atoms with E-state index in [0.29, 0.717) is 30.0 Å². The fraction of sp³-hybridized carbons (Fsp3) is 0.567. The van der Waals surface area contributed by atoms with E-state index in [0.717, 1.165) is 40.0 Å². The molecule has 236 valence electrons. The highest BCUT2D eigenvalue weighted by Crippen LogP contribution is 2.60. The van der Waals surface area contributed by atoms with Crippen molar-refractivity contribution in [2.24, 2.45) is 28.9 Å². The zero-order valence-electron chi connectivity index (χ0n) is 24.6. The lowest BCUT2D eigenvalue weighted by Crippen LogP contribution is -2.54. The van der Waals surface area contributed by atoms with Gasteiger partial charge in [0, 0.05) is 31.2 Å². The summed E-state index contributed by atoms with van der Waals surface area (Å²) < 4.78 is 6.59. The van der Waals surface area contributed by atoms with Crippen molar-refractivity contribution in [3.63, 3.8) is 0 Å². The number of hydrogen-bond acceptors (Lipinski definition) is 8. The largest absolute Gasteiger partial charge is 0.492 e. The summed E-state index contributed by atoms with van der Waals surface area (Å²) in [7, 11) is 0. The predicted molar refractivity (Wildman–Crippen MR) is 163 cm³/mol. The van der Waals surface area contributed by atoms with E-state index in [1.165, 1.54) is 26.2 Å². The number of carbonyl (C=O) groups excluding carboxylic acids is 2. The Hall–Kier alpha value is -3.91. The van der Waals surface area contributed by atoms with Gasteiger partial charge in [-0.1, -0.05) is 12.1 Å².